The van der Waals surface area contributed by atoms with Crippen molar-refractivity contribution in [1.29, 1.82) is 0 Å². The number of hydrogen-bond donors (Lipinski definition) is 1. The quantitative estimate of drug-likeness (QED) is 0.594. The molecule has 2 aromatic heterocycles. The number of fused-ring (bicyclic) bond motifs is 2. The third-order valence-electron chi connectivity index (χ3n) is 4.79. The molecule has 0 radical (unpaired) electrons. The first-order valence-corrected chi connectivity index (χ1v) is 9.37. The Labute approximate surface area is 154 Å². The molecule has 1 atom stereocenters. The fourth-order valence-electron chi connectivity index (χ4n) is 3.45. The number of benzene rings is 1. The van der Waals surface area contributed by atoms with Crippen LogP contribution < -0.4 is 11.2 Å². The summed E-state index contributed by atoms with van der Waals surface area (Å²) >= 11 is 1.62. The minimum Gasteiger partial charge on any atom is -0.303 e. The summed E-state index contributed by atoms with van der Waals surface area (Å²) in [6.07, 6.45) is 6.76. The van der Waals surface area contributed by atoms with Gasteiger partial charge in [-0.05, 0) is 36.1 Å². The number of nitrogens with one attached hydrogen (secondary N) is 1. The molecular formula is C20H19N3O2S. The van der Waals surface area contributed by atoms with E-state index in [4.69, 9.17) is 4.98 Å². The van der Waals surface area contributed by atoms with E-state index in [-0.39, 0.29) is 11.5 Å². The zero-order valence-electron chi connectivity index (χ0n) is 14.9. The van der Waals surface area contributed by atoms with Crippen LogP contribution in [0, 0.1) is 6.92 Å². The fourth-order valence-corrected chi connectivity index (χ4v) is 4.32. The number of aromatic nitrogens is 3. The van der Waals surface area contributed by atoms with Crippen LogP contribution >= 0.6 is 11.3 Å². The smallest absolute Gasteiger partial charge is 0.303 e. The van der Waals surface area contributed by atoms with Crippen molar-refractivity contribution in [1.82, 2.24) is 14.5 Å². The molecule has 0 bridgehead atoms. The molecule has 0 saturated carbocycles. The summed E-state index contributed by atoms with van der Waals surface area (Å²) in [4.78, 5) is 32.6. The van der Waals surface area contributed by atoms with Gasteiger partial charge in [-0.15, -0.1) is 11.3 Å². The van der Waals surface area contributed by atoms with Crippen LogP contribution in [-0.4, -0.2) is 14.5 Å². The van der Waals surface area contributed by atoms with Crippen molar-refractivity contribution in [3.8, 4) is 0 Å². The summed E-state index contributed by atoms with van der Waals surface area (Å²) in [5, 5.41) is 0.958. The van der Waals surface area contributed by atoms with E-state index in [0.717, 1.165) is 33.1 Å². The van der Waals surface area contributed by atoms with Crippen LogP contribution in [0.25, 0.3) is 12.2 Å². The Morgan fingerprint density at radius 3 is 2.81 bits per heavy atom. The summed E-state index contributed by atoms with van der Waals surface area (Å²) in [6.45, 7) is 4.09. The number of rotatable bonds is 2. The van der Waals surface area contributed by atoms with E-state index in [1.54, 1.807) is 24.6 Å². The Balaban J connectivity index is 2.05. The molecule has 1 N–H and O–H groups in total. The molecule has 1 aliphatic rings. The van der Waals surface area contributed by atoms with Gasteiger partial charge in [-0.3, -0.25) is 9.78 Å². The fraction of sp³-hybridized carbons (Fsp3) is 0.250. The molecule has 0 saturated heterocycles. The Hall–Kier alpha value is -2.73. The molecule has 1 aliphatic carbocycles. The van der Waals surface area contributed by atoms with Gasteiger partial charge in [0, 0.05) is 18.8 Å². The van der Waals surface area contributed by atoms with Gasteiger partial charge in [0.25, 0.3) is 5.56 Å². The number of thiazole rings is 1. The van der Waals surface area contributed by atoms with E-state index in [9.17, 15) is 9.59 Å². The number of aromatic amines is 1. The summed E-state index contributed by atoms with van der Waals surface area (Å²) in [6, 6.07) is 6.34. The lowest BCUT2D eigenvalue weighted by Gasteiger charge is -2.18. The molecule has 1 aromatic carbocycles. The predicted molar refractivity (Wildman–Crippen MR) is 105 cm³/mol. The average molecular weight is 365 g/mol. The van der Waals surface area contributed by atoms with Crippen LogP contribution in [0.3, 0.4) is 0 Å². The van der Waals surface area contributed by atoms with Gasteiger partial charge in [0.1, 0.15) is 0 Å². The normalized spacial score (nSPS) is 15.4. The van der Waals surface area contributed by atoms with E-state index in [2.05, 4.69) is 42.3 Å². The van der Waals surface area contributed by atoms with Crippen LogP contribution in [0.1, 0.15) is 50.7 Å². The van der Waals surface area contributed by atoms with Gasteiger partial charge in [0.05, 0.1) is 21.5 Å². The summed E-state index contributed by atoms with van der Waals surface area (Å²) in [5.41, 5.74) is 4.00. The lowest BCUT2D eigenvalue weighted by molar-refractivity contribution is 0.760. The largest absolute Gasteiger partial charge is 0.328 e. The molecule has 2 heterocycles. The van der Waals surface area contributed by atoms with Gasteiger partial charge in [-0.2, -0.15) is 0 Å². The molecule has 0 fully saturated rings. The zero-order chi connectivity index (χ0) is 18.4. The SMILES string of the molecule is CCc1ccc2c(c1)C=Cc1sc(C)nc1C2c1cn(C)c(=O)[nH]c1=O. The topological polar surface area (TPSA) is 67.8 Å². The Morgan fingerprint density at radius 1 is 1.23 bits per heavy atom. The van der Waals surface area contributed by atoms with Gasteiger partial charge in [-0.25, -0.2) is 9.78 Å². The maximum Gasteiger partial charge on any atom is 0.328 e. The first-order valence-electron chi connectivity index (χ1n) is 8.56. The highest BCUT2D eigenvalue weighted by atomic mass is 32.1. The van der Waals surface area contributed by atoms with Crippen molar-refractivity contribution >= 4 is 23.5 Å². The third-order valence-corrected chi connectivity index (χ3v) is 5.74. The van der Waals surface area contributed by atoms with E-state index < -0.39 is 5.69 Å². The van der Waals surface area contributed by atoms with Crippen LogP contribution in [0.2, 0.25) is 0 Å². The number of hydrogen-bond acceptors (Lipinski definition) is 4. The van der Waals surface area contributed by atoms with Crippen molar-refractivity contribution in [2.75, 3.05) is 0 Å². The zero-order valence-corrected chi connectivity index (χ0v) is 15.7. The third kappa shape index (κ3) is 2.66. The molecule has 0 spiro atoms. The highest BCUT2D eigenvalue weighted by molar-refractivity contribution is 7.12. The second-order valence-corrected chi connectivity index (χ2v) is 7.75. The minimum atomic E-state index is -0.415. The van der Waals surface area contributed by atoms with E-state index in [0.29, 0.717) is 5.56 Å². The maximum absolute atomic E-state index is 12.6. The Bertz CT molecular complexity index is 1150. The Kier molecular flexibility index (Phi) is 4.00. The molecule has 132 valence electrons. The highest BCUT2D eigenvalue weighted by Crippen LogP contribution is 2.39. The second-order valence-electron chi connectivity index (χ2n) is 6.52. The molecule has 4 rings (SSSR count). The first kappa shape index (κ1) is 16.7. The maximum atomic E-state index is 12.6. The van der Waals surface area contributed by atoms with Crippen LogP contribution in [0.5, 0.6) is 0 Å². The monoisotopic (exact) mass is 365 g/mol. The van der Waals surface area contributed by atoms with Crippen molar-refractivity contribution < 1.29 is 0 Å². The lowest BCUT2D eigenvalue weighted by atomic mass is 9.86. The summed E-state index contributed by atoms with van der Waals surface area (Å²) < 4.78 is 1.41. The minimum absolute atomic E-state index is 0.304. The van der Waals surface area contributed by atoms with Crippen LogP contribution in [0.15, 0.2) is 34.0 Å². The van der Waals surface area contributed by atoms with E-state index in [1.165, 1.54) is 10.1 Å². The standard InChI is InChI=1S/C20H19N3O2S/c1-4-12-5-7-14-13(9-12)6-8-16-18(21-11(2)26-16)17(14)15-10-23(3)20(25)22-19(15)24/h5-10,17H,4H2,1-3H3,(H,22,24,25). The van der Waals surface area contributed by atoms with Crippen molar-refractivity contribution in [3.05, 3.63) is 83.1 Å². The van der Waals surface area contributed by atoms with Gasteiger partial charge in [0.2, 0.25) is 0 Å². The van der Waals surface area contributed by atoms with Gasteiger partial charge in [0.15, 0.2) is 0 Å². The number of H-pyrrole nitrogens is 1. The number of aryl methyl sites for hydroxylation is 3. The number of nitrogens with zero attached hydrogens (tertiary/aromatic N) is 2. The molecule has 3 aromatic rings. The van der Waals surface area contributed by atoms with Crippen molar-refractivity contribution in [2.45, 2.75) is 26.2 Å². The highest BCUT2D eigenvalue weighted by Gasteiger charge is 2.29. The molecule has 5 nitrogen and oxygen atoms in total. The summed E-state index contributed by atoms with van der Waals surface area (Å²) in [7, 11) is 1.64. The van der Waals surface area contributed by atoms with Gasteiger partial charge >= 0.3 is 5.69 Å². The first-order chi connectivity index (χ1) is 12.5. The van der Waals surface area contributed by atoms with E-state index >= 15 is 0 Å². The van der Waals surface area contributed by atoms with Gasteiger partial charge in [-0.1, -0.05) is 31.2 Å². The Morgan fingerprint density at radius 2 is 2.04 bits per heavy atom. The molecule has 0 amide bonds. The molecule has 1 unspecified atom stereocenters. The predicted octanol–water partition coefficient (Wildman–Crippen LogP) is 3.06. The summed E-state index contributed by atoms with van der Waals surface area (Å²) in [5.74, 6) is -0.304. The molecule has 0 aliphatic heterocycles. The van der Waals surface area contributed by atoms with Crippen molar-refractivity contribution in [2.24, 2.45) is 7.05 Å². The average Bonchev–Trinajstić information content (AvgIpc) is 2.92. The molecular weight excluding hydrogens is 346 g/mol. The van der Waals surface area contributed by atoms with E-state index in [1.807, 2.05) is 6.92 Å². The van der Waals surface area contributed by atoms with Gasteiger partial charge < -0.3 is 4.57 Å². The second kappa shape index (κ2) is 6.21. The van der Waals surface area contributed by atoms with Crippen LogP contribution in [0.4, 0.5) is 0 Å². The van der Waals surface area contributed by atoms with Crippen molar-refractivity contribution in [3.63, 3.8) is 0 Å². The molecule has 6 heteroatoms. The van der Waals surface area contributed by atoms with Crippen LogP contribution in [-0.2, 0) is 13.5 Å². The lowest BCUT2D eigenvalue weighted by Crippen LogP contribution is -2.32. The molecule has 26 heavy (non-hydrogen) atoms.